The molecule has 7 unspecified atom stereocenters. The van der Waals surface area contributed by atoms with Crippen molar-refractivity contribution < 1.29 is 53.8 Å². The Morgan fingerprint density at radius 3 is 2.05 bits per heavy atom. The van der Waals surface area contributed by atoms with E-state index in [1.807, 2.05) is 6.07 Å². The van der Waals surface area contributed by atoms with E-state index >= 15 is 0 Å². The number of hydrogen-bond acceptors (Lipinski definition) is 11. The van der Waals surface area contributed by atoms with Crippen LogP contribution in [0.3, 0.4) is 0 Å². The summed E-state index contributed by atoms with van der Waals surface area (Å²) in [5, 5.41) is 45.2. The molecule has 12 heteroatoms. The number of amides is 1. The molecule has 0 radical (unpaired) electrons. The monoisotopic (exact) mass is 589 g/mol. The third-order valence-corrected chi connectivity index (χ3v) is 7.01. The Labute approximate surface area is 244 Å². The number of nitrogens with one attached hydrogen (secondary N) is 1. The van der Waals surface area contributed by atoms with Gasteiger partial charge in [0.2, 0.25) is 0 Å². The number of alkyl carbamates (subject to hydrolysis) is 1. The molecule has 5 N–H and O–H groups in total. The summed E-state index contributed by atoms with van der Waals surface area (Å²) in [4.78, 5) is 37.7. The van der Waals surface area contributed by atoms with Gasteiger partial charge in [0.05, 0.1) is 12.2 Å². The molecule has 2 aromatic carbocycles. The van der Waals surface area contributed by atoms with Crippen LogP contribution in [-0.2, 0) is 41.8 Å². The quantitative estimate of drug-likeness (QED) is 0.178. The van der Waals surface area contributed by atoms with Gasteiger partial charge in [-0.15, -0.1) is 0 Å². The van der Waals surface area contributed by atoms with Gasteiger partial charge in [-0.05, 0) is 17.0 Å². The van der Waals surface area contributed by atoms with Crippen molar-refractivity contribution in [3.63, 3.8) is 0 Å². The number of benzene rings is 2. The molecule has 0 aromatic heterocycles. The Hall–Kier alpha value is -3.55. The summed E-state index contributed by atoms with van der Waals surface area (Å²) < 4.78 is 21.0. The fourth-order valence-electron chi connectivity index (χ4n) is 4.38. The van der Waals surface area contributed by atoms with Crippen LogP contribution in [0.2, 0.25) is 0 Å². The fraction of sp³-hybridized carbons (Fsp3) is 0.500. The van der Waals surface area contributed by atoms with Crippen LogP contribution in [-0.4, -0.2) is 81.3 Å². The summed E-state index contributed by atoms with van der Waals surface area (Å²) in [5.41, 5.74) is 1.42. The second kappa shape index (κ2) is 15.1. The number of rotatable bonds is 12. The van der Waals surface area contributed by atoms with E-state index in [9.17, 15) is 34.8 Å². The zero-order valence-electron chi connectivity index (χ0n) is 23.8. The first-order chi connectivity index (χ1) is 19.9. The standard InChI is InChI=1S/C30H39NO11/c1-18(2)24(31-29(37)41-16-21-12-8-5-9-13-21)27(35)39-17-23(33)25(34)26-19(3)22(32)14-30(38,42-26)28(36)40-15-20-10-6-4-7-11-20/h4-13,18-19,22-26,32-34,38H,14-17H2,1-3H3,(H,31,37). The van der Waals surface area contributed by atoms with E-state index in [2.05, 4.69) is 5.32 Å². The van der Waals surface area contributed by atoms with Crippen molar-refractivity contribution in [1.82, 2.24) is 5.32 Å². The molecule has 230 valence electrons. The molecule has 1 aliphatic rings. The molecule has 12 nitrogen and oxygen atoms in total. The van der Waals surface area contributed by atoms with Gasteiger partial charge in [-0.1, -0.05) is 81.4 Å². The average Bonchev–Trinajstić information content (AvgIpc) is 2.98. The van der Waals surface area contributed by atoms with Crippen molar-refractivity contribution >= 4 is 18.0 Å². The Balaban J connectivity index is 1.55. The van der Waals surface area contributed by atoms with E-state index in [0.29, 0.717) is 5.56 Å². The molecule has 1 saturated heterocycles. The van der Waals surface area contributed by atoms with Gasteiger partial charge in [-0.3, -0.25) is 0 Å². The highest BCUT2D eigenvalue weighted by Crippen LogP contribution is 2.34. The summed E-state index contributed by atoms with van der Waals surface area (Å²) in [5.74, 6) is -5.86. The topological polar surface area (TPSA) is 181 Å². The molecule has 3 rings (SSSR count). The zero-order valence-corrected chi connectivity index (χ0v) is 23.8. The van der Waals surface area contributed by atoms with Gasteiger partial charge in [0.1, 0.15) is 38.1 Å². The van der Waals surface area contributed by atoms with E-state index in [0.717, 1.165) is 5.56 Å². The minimum atomic E-state index is -2.59. The highest BCUT2D eigenvalue weighted by atomic mass is 16.7. The lowest BCUT2D eigenvalue weighted by molar-refractivity contribution is -0.304. The SMILES string of the molecule is CC(C)C(NC(=O)OCc1ccccc1)C(=O)OCC(O)C(O)C1OC(O)(C(=O)OCc2ccccc2)CC(O)C1C. The maximum atomic E-state index is 12.7. The number of carbonyl (C=O) groups is 3. The van der Waals surface area contributed by atoms with Gasteiger partial charge in [0.25, 0.3) is 5.79 Å². The van der Waals surface area contributed by atoms with Gasteiger partial charge >= 0.3 is 18.0 Å². The van der Waals surface area contributed by atoms with Gasteiger partial charge in [0.15, 0.2) is 0 Å². The highest BCUT2D eigenvalue weighted by Gasteiger charge is 2.53. The second-order valence-corrected chi connectivity index (χ2v) is 10.7. The molecule has 0 aliphatic carbocycles. The van der Waals surface area contributed by atoms with Crippen LogP contribution in [0.5, 0.6) is 0 Å². The van der Waals surface area contributed by atoms with Crippen molar-refractivity contribution in [2.45, 2.75) is 76.7 Å². The van der Waals surface area contributed by atoms with E-state index in [4.69, 9.17) is 18.9 Å². The molecule has 0 bridgehead atoms. The van der Waals surface area contributed by atoms with E-state index in [-0.39, 0.29) is 13.2 Å². The average molecular weight is 590 g/mol. The molecular weight excluding hydrogens is 550 g/mol. The van der Waals surface area contributed by atoms with E-state index in [1.54, 1.807) is 68.4 Å². The van der Waals surface area contributed by atoms with Crippen molar-refractivity contribution in [3.8, 4) is 0 Å². The number of esters is 2. The smallest absolute Gasteiger partial charge is 0.408 e. The van der Waals surface area contributed by atoms with Crippen LogP contribution >= 0.6 is 0 Å². The third-order valence-electron chi connectivity index (χ3n) is 7.01. The van der Waals surface area contributed by atoms with Crippen molar-refractivity contribution in [1.29, 1.82) is 0 Å². The van der Waals surface area contributed by atoms with Gasteiger partial charge in [0, 0.05) is 12.3 Å². The maximum absolute atomic E-state index is 12.7. The van der Waals surface area contributed by atoms with Crippen LogP contribution in [0.25, 0.3) is 0 Å². The van der Waals surface area contributed by atoms with E-state index in [1.165, 1.54) is 6.92 Å². The normalized spacial score (nSPS) is 24.2. The lowest BCUT2D eigenvalue weighted by Gasteiger charge is -2.44. The van der Waals surface area contributed by atoms with E-state index < -0.39 is 79.1 Å². The number of aliphatic hydroxyl groups excluding tert-OH is 3. The molecule has 42 heavy (non-hydrogen) atoms. The van der Waals surface area contributed by atoms with Crippen LogP contribution in [0.4, 0.5) is 4.79 Å². The lowest BCUT2D eigenvalue weighted by atomic mass is 9.84. The predicted molar refractivity (Wildman–Crippen MR) is 147 cm³/mol. The summed E-state index contributed by atoms with van der Waals surface area (Å²) >= 11 is 0. The summed E-state index contributed by atoms with van der Waals surface area (Å²) in [6.07, 6.45) is -7.58. The fourth-order valence-corrected chi connectivity index (χ4v) is 4.38. The van der Waals surface area contributed by atoms with Crippen LogP contribution in [0, 0.1) is 11.8 Å². The van der Waals surface area contributed by atoms with Gasteiger partial charge in [-0.2, -0.15) is 0 Å². The Bertz CT molecular complexity index is 1160. The van der Waals surface area contributed by atoms with Crippen LogP contribution in [0.15, 0.2) is 60.7 Å². The highest BCUT2D eigenvalue weighted by molar-refractivity contribution is 5.81. The van der Waals surface area contributed by atoms with Gasteiger partial charge in [-0.25, -0.2) is 14.4 Å². The van der Waals surface area contributed by atoms with Crippen molar-refractivity contribution in [2.75, 3.05) is 6.61 Å². The molecule has 0 saturated carbocycles. The Kier molecular flexibility index (Phi) is 11.8. The summed E-state index contributed by atoms with van der Waals surface area (Å²) in [6, 6.07) is 16.6. The van der Waals surface area contributed by atoms with Crippen LogP contribution in [0.1, 0.15) is 38.3 Å². The lowest BCUT2D eigenvalue weighted by Crippen LogP contribution is -2.60. The molecule has 0 spiro atoms. The van der Waals surface area contributed by atoms with Crippen LogP contribution < -0.4 is 5.32 Å². The van der Waals surface area contributed by atoms with Gasteiger partial charge < -0.3 is 44.7 Å². The Morgan fingerprint density at radius 1 is 0.952 bits per heavy atom. The number of hydrogen-bond donors (Lipinski definition) is 5. The molecular formula is C30H39NO11. The summed E-state index contributed by atoms with van der Waals surface area (Å²) in [6.45, 7) is 3.98. The van der Waals surface area contributed by atoms with Crippen molar-refractivity contribution in [2.24, 2.45) is 11.8 Å². The molecule has 2 aromatic rings. The maximum Gasteiger partial charge on any atom is 0.408 e. The van der Waals surface area contributed by atoms with Crippen molar-refractivity contribution in [3.05, 3.63) is 71.8 Å². The molecule has 1 amide bonds. The number of carbonyl (C=O) groups excluding carboxylic acids is 3. The first kappa shape index (κ1) is 33.0. The number of aliphatic hydroxyl groups is 4. The first-order valence-corrected chi connectivity index (χ1v) is 13.7. The number of ether oxygens (including phenoxy) is 4. The molecule has 1 fully saturated rings. The minimum Gasteiger partial charge on any atom is -0.461 e. The largest absolute Gasteiger partial charge is 0.461 e. The minimum absolute atomic E-state index is 0.00495. The molecule has 7 atom stereocenters. The summed E-state index contributed by atoms with van der Waals surface area (Å²) in [7, 11) is 0. The first-order valence-electron chi connectivity index (χ1n) is 13.7. The predicted octanol–water partition coefficient (Wildman–Crippen LogP) is 1.42. The third kappa shape index (κ3) is 8.97. The Morgan fingerprint density at radius 2 is 1.50 bits per heavy atom. The molecule has 1 heterocycles. The zero-order chi connectivity index (χ0) is 30.9. The second-order valence-electron chi connectivity index (χ2n) is 10.7. The molecule has 1 aliphatic heterocycles.